The number of amides is 3. The van der Waals surface area contributed by atoms with E-state index in [-0.39, 0.29) is 36.0 Å². The normalized spacial score (nSPS) is 30.2. The average molecular weight is 354 g/mol. The van der Waals surface area contributed by atoms with Crippen LogP contribution in [0.3, 0.4) is 0 Å². The largest absolute Gasteiger partial charge is 0.335 e. The minimum atomic E-state index is -0.168. The van der Waals surface area contributed by atoms with Crippen LogP contribution >= 0.6 is 0 Å². The molecule has 2 bridgehead atoms. The van der Waals surface area contributed by atoms with Crippen molar-refractivity contribution in [1.82, 2.24) is 4.90 Å². The van der Waals surface area contributed by atoms with Gasteiger partial charge in [-0.1, -0.05) is 20.8 Å². The molecule has 3 atom stereocenters. The highest BCUT2D eigenvalue weighted by atomic mass is 16.2. The van der Waals surface area contributed by atoms with Crippen LogP contribution in [0.1, 0.15) is 56.8 Å². The Morgan fingerprint density at radius 2 is 1.69 bits per heavy atom. The first kappa shape index (κ1) is 17.3. The molecule has 1 aliphatic carbocycles. The highest BCUT2D eigenvalue weighted by molar-refractivity contribution is 6.19. The summed E-state index contributed by atoms with van der Waals surface area (Å²) in [5.74, 6) is 0.920. The van der Waals surface area contributed by atoms with Gasteiger partial charge in [0, 0.05) is 31.0 Å². The summed E-state index contributed by atoms with van der Waals surface area (Å²) < 4.78 is 0. The molecule has 5 heteroatoms. The lowest BCUT2D eigenvalue weighted by molar-refractivity contribution is -0.121. The van der Waals surface area contributed by atoms with Crippen molar-refractivity contribution in [2.24, 2.45) is 17.3 Å². The molecule has 2 heterocycles. The van der Waals surface area contributed by atoms with Crippen LogP contribution in [0.5, 0.6) is 0 Å². The fourth-order valence-electron chi connectivity index (χ4n) is 4.97. The third kappa shape index (κ3) is 2.65. The summed E-state index contributed by atoms with van der Waals surface area (Å²) in [5.41, 5.74) is 1.46. The highest BCUT2D eigenvalue weighted by Gasteiger charge is 2.48. The molecule has 138 valence electrons. The Morgan fingerprint density at radius 1 is 1.08 bits per heavy atom. The zero-order valence-corrected chi connectivity index (χ0v) is 15.7. The van der Waals surface area contributed by atoms with Gasteiger partial charge in [0.25, 0.3) is 5.91 Å². The number of rotatable bonds is 2. The molecule has 4 rings (SSSR count). The van der Waals surface area contributed by atoms with E-state index in [1.165, 1.54) is 4.90 Å². The molecule has 0 N–H and O–H groups in total. The maximum absolute atomic E-state index is 13.0. The SMILES string of the molecule is C[C@H]1[C@H]2C[C@@H](CC1(C)C)N(C(=O)c1ccc(N3C(=O)CCC3=O)cc1)C2. The number of imide groups is 1. The number of anilines is 1. The van der Waals surface area contributed by atoms with Crippen LogP contribution in [0.4, 0.5) is 5.69 Å². The number of nitrogens with zero attached hydrogens (tertiary/aromatic N) is 2. The number of fused-ring (bicyclic) bond motifs is 2. The van der Waals surface area contributed by atoms with Gasteiger partial charge in [-0.05, 0) is 54.4 Å². The number of likely N-dealkylation sites (tertiary alicyclic amines) is 1. The highest BCUT2D eigenvalue weighted by Crippen LogP contribution is 2.49. The van der Waals surface area contributed by atoms with Gasteiger partial charge < -0.3 is 4.90 Å². The van der Waals surface area contributed by atoms with E-state index in [1.807, 2.05) is 4.90 Å². The lowest BCUT2D eigenvalue weighted by Crippen LogP contribution is -2.39. The number of carbonyl (C=O) groups is 3. The van der Waals surface area contributed by atoms with Crippen molar-refractivity contribution in [2.75, 3.05) is 11.4 Å². The first-order valence-corrected chi connectivity index (χ1v) is 9.55. The monoisotopic (exact) mass is 354 g/mol. The van der Waals surface area contributed by atoms with Crippen LogP contribution in [-0.4, -0.2) is 35.2 Å². The van der Waals surface area contributed by atoms with Gasteiger partial charge in [0.15, 0.2) is 0 Å². The summed E-state index contributed by atoms with van der Waals surface area (Å²) in [4.78, 5) is 40.0. The van der Waals surface area contributed by atoms with Gasteiger partial charge in [0.1, 0.15) is 0 Å². The maximum atomic E-state index is 13.0. The molecule has 1 aromatic carbocycles. The molecular formula is C21H26N2O3. The Bertz CT molecular complexity index is 752. The molecule has 2 saturated heterocycles. The first-order valence-electron chi connectivity index (χ1n) is 9.55. The summed E-state index contributed by atoms with van der Waals surface area (Å²) in [6.45, 7) is 7.76. The fraction of sp³-hybridized carbons (Fsp3) is 0.571. The Labute approximate surface area is 154 Å². The van der Waals surface area contributed by atoms with Crippen LogP contribution in [0.15, 0.2) is 24.3 Å². The first-order chi connectivity index (χ1) is 12.3. The number of benzene rings is 1. The standard InChI is InChI=1S/C21H26N2O3/c1-13-15-10-17(11-21(13,2)3)22(12-15)20(26)14-4-6-16(7-5-14)23-18(24)8-9-19(23)25/h4-7,13,15,17H,8-12H2,1-3H3/t13-,15-,17-/m0/s1. The van der Waals surface area contributed by atoms with Crippen LogP contribution < -0.4 is 4.90 Å². The van der Waals surface area contributed by atoms with E-state index in [0.717, 1.165) is 19.4 Å². The van der Waals surface area contributed by atoms with Crippen molar-refractivity contribution in [3.05, 3.63) is 29.8 Å². The summed E-state index contributed by atoms with van der Waals surface area (Å²) in [7, 11) is 0. The van der Waals surface area contributed by atoms with Crippen LogP contribution in [0.2, 0.25) is 0 Å². The molecule has 26 heavy (non-hydrogen) atoms. The average Bonchev–Trinajstić information content (AvgIpc) is 3.13. The second-order valence-electron chi connectivity index (χ2n) is 8.76. The lowest BCUT2D eigenvalue weighted by Gasteiger charge is -2.40. The Hall–Kier alpha value is -2.17. The molecule has 5 nitrogen and oxygen atoms in total. The van der Waals surface area contributed by atoms with Crippen LogP contribution in [0.25, 0.3) is 0 Å². The van der Waals surface area contributed by atoms with Crippen molar-refractivity contribution < 1.29 is 14.4 Å². The zero-order valence-electron chi connectivity index (χ0n) is 15.7. The fourth-order valence-corrected chi connectivity index (χ4v) is 4.97. The second-order valence-corrected chi connectivity index (χ2v) is 8.76. The molecule has 3 amide bonds. The van der Waals surface area contributed by atoms with Crippen molar-refractivity contribution in [3.63, 3.8) is 0 Å². The number of hydrogen-bond donors (Lipinski definition) is 0. The molecule has 0 radical (unpaired) electrons. The molecule has 0 spiro atoms. The predicted molar refractivity (Wildman–Crippen MR) is 98.7 cm³/mol. The second kappa shape index (κ2) is 5.93. The van der Waals surface area contributed by atoms with Gasteiger partial charge in [-0.2, -0.15) is 0 Å². The Balaban J connectivity index is 1.53. The van der Waals surface area contributed by atoms with Gasteiger partial charge in [0.2, 0.25) is 11.8 Å². The summed E-state index contributed by atoms with van der Waals surface area (Å²) >= 11 is 0. The molecule has 2 aliphatic heterocycles. The number of hydrogen-bond acceptors (Lipinski definition) is 3. The molecule has 3 aliphatic rings. The van der Waals surface area contributed by atoms with Gasteiger partial charge >= 0.3 is 0 Å². The summed E-state index contributed by atoms with van der Waals surface area (Å²) in [6.07, 6.45) is 2.69. The summed E-state index contributed by atoms with van der Waals surface area (Å²) in [5, 5.41) is 0. The van der Waals surface area contributed by atoms with E-state index in [4.69, 9.17) is 0 Å². The van der Waals surface area contributed by atoms with Crippen molar-refractivity contribution in [2.45, 2.75) is 52.5 Å². The van der Waals surface area contributed by atoms with E-state index in [2.05, 4.69) is 20.8 Å². The Kier molecular flexibility index (Phi) is 3.94. The van der Waals surface area contributed by atoms with E-state index in [9.17, 15) is 14.4 Å². The molecule has 1 saturated carbocycles. The van der Waals surface area contributed by atoms with E-state index >= 15 is 0 Å². The number of carbonyl (C=O) groups excluding carboxylic acids is 3. The van der Waals surface area contributed by atoms with Gasteiger partial charge in [-0.3, -0.25) is 19.3 Å². The Morgan fingerprint density at radius 3 is 2.31 bits per heavy atom. The topological polar surface area (TPSA) is 57.7 Å². The van der Waals surface area contributed by atoms with Crippen molar-refractivity contribution in [1.29, 1.82) is 0 Å². The molecule has 1 aromatic rings. The van der Waals surface area contributed by atoms with E-state index < -0.39 is 0 Å². The van der Waals surface area contributed by atoms with Gasteiger partial charge in [-0.15, -0.1) is 0 Å². The smallest absolute Gasteiger partial charge is 0.254 e. The van der Waals surface area contributed by atoms with Crippen LogP contribution in [0, 0.1) is 17.3 Å². The molecular weight excluding hydrogens is 328 g/mol. The third-order valence-electron chi connectivity index (χ3n) is 6.83. The zero-order chi connectivity index (χ0) is 18.6. The van der Waals surface area contributed by atoms with E-state index in [1.54, 1.807) is 24.3 Å². The van der Waals surface area contributed by atoms with E-state index in [0.29, 0.717) is 29.1 Å². The molecule has 0 unspecified atom stereocenters. The predicted octanol–water partition coefficient (Wildman–Crippen LogP) is 3.24. The quantitative estimate of drug-likeness (QED) is 0.766. The van der Waals surface area contributed by atoms with Crippen LogP contribution in [-0.2, 0) is 9.59 Å². The summed E-state index contributed by atoms with van der Waals surface area (Å²) in [6, 6.07) is 7.23. The molecule has 3 fully saturated rings. The van der Waals surface area contributed by atoms with Gasteiger partial charge in [0.05, 0.1) is 5.69 Å². The third-order valence-corrected chi connectivity index (χ3v) is 6.83. The maximum Gasteiger partial charge on any atom is 0.254 e. The van der Waals surface area contributed by atoms with Crippen molar-refractivity contribution >= 4 is 23.4 Å². The minimum Gasteiger partial charge on any atom is -0.335 e. The van der Waals surface area contributed by atoms with Crippen molar-refractivity contribution in [3.8, 4) is 0 Å². The molecule has 0 aromatic heterocycles. The minimum absolute atomic E-state index is 0.0630. The van der Waals surface area contributed by atoms with Gasteiger partial charge in [-0.25, -0.2) is 0 Å². The lowest BCUT2D eigenvalue weighted by atomic mass is 9.65.